The summed E-state index contributed by atoms with van der Waals surface area (Å²) in [4.78, 5) is 39.9. The van der Waals surface area contributed by atoms with Gasteiger partial charge < -0.3 is 10.6 Å². The SMILES string of the molecule is O=C(Nc1ccc(-n2nc(C(F)(F)F)cc2C2CC2)nc1)c1ccncc1.O=C(Nc1ccc(-n2nc(C(F)(F)F)cc2C2CC2)nc1)c1ccncc1F. The average molecular weight is 765 g/mol. The lowest BCUT2D eigenvalue weighted by Gasteiger charge is -2.08. The molecule has 19 heteroatoms. The number of nitrogens with one attached hydrogen (secondary N) is 2. The molecule has 6 heterocycles. The number of rotatable bonds is 8. The molecule has 2 amide bonds. The quantitative estimate of drug-likeness (QED) is 0.150. The van der Waals surface area contributed by atoms with Crippen molar-refractivity contribution in [2.24, 2.45) is 0 Å². The van der Waals surface area contributed by atoms with Crippen LogP contribution in [0.4, 0.5) is 42.1 Å². The van der Waals surface area contributed by atoms with Crippen LogP contribution in [0, 0.1) is 5.82 Å². The smallest absolute Gasteiger partial charge is 0.321 e. The Kier molecular flexibility index (Phi) is 9.85. The second kappa shape index (κ2) is 14.7. The van der Waals surface area contributed by atoms with Gasteiger partial charge in [0.25, 0.3) is 11.8 Å². The third-order valence-electron chi connectivity index (χ3n) is 8.45. The van der Waals surface area contributed by atoms with Gasteiger partial charge >= 0.3 is 12.4 Å². The normalized spacial score (nSPS) is 14.2. The Morgan fingerprint density at radius 1 is 0.618 bits per heavy atom. The summed E-state index contributed by atoms with van der Waals surface area (Å²) >= 11 is 0. The fourth-order valence-corrected chi connectivity index (χ4v) is 5.41. The molecule has 0 aromatic carbocycles. The molecule has 12 nitrogen and oxygen atoms in total. The molecular weight excluding hydrogens is 737 g/mol. The third-order valence-corrected chi connectivity index (χ3v) is 8.45. The maximum absolute atomic E-state index is 13.6. The summed E-state index contributed by atoms with van der Waals surface area (Å²) in [5, 5.41) is 12.5. The Balaban J connectivity index is 0.000000169. The van der Waals surface area contributed by atoms with Gasteiger partial charge in [0.2, 0.25) is 0 Å². The van der Waals surface area contributed by atoms with Crippen LogP contribution in [0.3, 0.4) is 0 Å². The lowest BCUT2D eigenvalue weighted by atomic mass is 10.2. The summed E-state index contributed by atoms with van der Waals surface area (Å²) in [7, 11) is 0. The number of pyridine rings is 4. The Morgan fingerprint density at radius 2 is 1.09 bits per heavy atom. The third kappa shape index (κ3) is 8.66. The summed E-state index contributed by atoms with van der Waals surface area (Å²) in [5.74, 6) is -1.22. The average Bonchev–Trinajstić information content (AvgIpc) is 4.10. The Labute approximate surface area is 306 Å². The zero-order valence-electron chi connectivity index (χ0n) is 28.2. The molecule has 0 unspecified atom stereocenters. The highest BCUT2D eigenvalue weighted by atomic mass is 19.4. The summed E-state index contributed by atoms with van der Waals surface area (Å²) in [6.45, 7) is 0. The van der Waals surface area contributed by atoms with Crippen LogP contribution in [0.5, 0.6) is 0 Å². The van der Waals surface area contributed by atoms with Crippen molar-refractivity contribution in [1.82, 2.24) is 39.5 Å². The van der Waals surface area contributed by atoms with E-state index in [1.54, 1.807) is 18.2 Å². The molecule has 282 valence electrons. The van der Waals surface area contributed by atoms with E-state index in [1.165, 1.54) is 64.6 Å². The van der Waals surface area contributed by atoms with E-state index in [0.29, 0.717) is 22.6 Å². The Hall–Kier alpha value is -6.53. The van der Waals surface area contributed by atoms with Crippen molar-refractivity contribution >= 4 is 23.2 Å². The first-order valence-electron chi connectivity index (χ1n) is 16.6. The van der Waals surface area contributed by atoms with Gasteiger partial charge in [-0.3, -0.25) is 19.6 Å². The largest absolute Gasteiger partial charge is 0.435 e. The monoisotopic (exact) mass is 764 g/mol. The minimum Gasteiger partial charge on any atom is -0.321 e. The van der Waals surface area contributed by atoms with Crippen molar-refractivity contribution in [3.8, 4) is 11.6 Å². The summed E-state index contributed by atoms with van der Waals surface area (Å²) in [6, 6.07) is 12.5. The minimum atomic E-state index is -4.54. The first kappa shape index (κ1) is 36.8. The van der Waals surface area contributed by atoms with E-state index in [-0.39, 0.29) is 40.6 Å². The van der Waals surface area contributed by atoms with Crippen LogP contribution in [0.25, 0.3) is 11.6 Å². The van der Waals surface area contributed by atoms with Crippen LogP contribution >= 0.6 is 0 Å². The molecule has 0 aliphatic heterocycles. The van der Waals surface area contributed by atoms with Crippen LogP contribution in [-0.2, 0) is 12.4 Å². The van der Waals surface area contributed by atoms with Gasteiger partial charge in [0.05, 0.1) is 35.5 Å². The van der Waals surface area contributed by atoms with Crippen LogP contribution < -0.4 is 10.6 Å². The van der Waals surface area contributed by atoms with Crippen molar-refractivity contribution in [3.63, 3.8) is 0 Å². The number of aromatic nitrogens is 8. The summed E-state index contributed by atoms with van der Waals surface area (Å²) in [5.41, 5.74) is 0.00345. The molecular formula is C36H27F7N10O2. The number of hydrogen-bond acceptors (Lipinski definition) is 8. The molecule has 0 saturated heterocycles. The molecule has 8 rings (SSSR count). The Morgan fingerprint density at radius 3 is 1.51 bits per heavy atom. The summed E-state index contributed by atoms with van der Waals surface area (Å²) in [6.07, 6.45) is 2.11. The minimum absolute atomic E-state index is 0.0273. The van der Waals surface area contributed by atoms with Crippen LogP contribution in [0.1, 0.15) is 81.0 Å². The molecule has 6 aromatic heterocycles. The molecule has 6 aromatic rings. The zero-order chi connectivity index (χ0) is 38.9. The molecule has 55 heavy (non-hydrogen) atoms. The molecule has 2 aliphatic rings. The molecule has 0 radical (unpaired) electrons. The predicted octanol–water partition coefficient (Wildman–Crippen LogP) is 7.76. The van der Waals surface area contributed by atoms with E-state index < -0.39 is 35.5 Å². The van der Waals surface area contributed by atoms with E-state index in [0.717, 1.165) is 44.0 Å². The van der Waals surface area contributed by atoms with E-state index in [4.69, 9.17) is 0 Å². The van der Waals surface area contributed by atoms with E-state index in [1.807, 2.05) is 0 Å². The topological polar surface area (TPSA) is 145 Å². The van der Waals surface area contributed by atoms with Crippen molar-refractivity contribution in [2.45, 2.75) is 49.9 Å². The number of halogens is 7. The van der Waals surface area contributed by atoms with Crippen LogP contribution in [0.15, 0.2) is 91.8 Å². The molecule has 0 atom stereocenters. The summed E-state index contributed by atoms with van der Waals surface area (Å²) < 4.78 is 94.0. The van der Waals surface area contributed by atoms with Crippen LogP contribution in [-0.4, -0.2) is 51.3 Å². The second-order valence-electron chi connectivity index (χ2n) is 12.6. The van der Waals surface area contributed by atoms with Crippen LogP contribution in [0.2, 0.25) is 0 Å². The molecule has 2 saturated carbocycles. The van der Waals surface area contributed by atoms with Gasteiger partial charge in [0.15, 0.2) is 28.8 Å². The molecule has 2 fully saturated rings. The highest BCUT2D eigenvalue weighted by molar-refractivity contribution is 6.04. The second-order valence-corrected chi connectivity index (χ2v) is 12.6. The maximum Gasteiger partial charge on any atom is 0.435 e. The number of nitrogens with zero attached hydrogens (tertiary/aromatic N) is 8. The van der Waals surface area contributed by atoms with Gasteiger partial charge in [-0.2, -0.15) is 36.5 Å². The Bertz CT molecular complexity index is 2320. The van der Waals surface area contributed by atoms with Gasteiger partial charge in [-0.25, -0.2) is 23.7 Å². The van der Waals surface area contributed by atoms with Gasteiger partial charge in [-0.05, 0) is 80.3 Å². The first-order chi connectivity index (χ1) is 26.2. The zero-order valence-corrected chi connectivity index (χ0v) is 28.2. The van der Waals surface area contributed by atoms with Crippen molar-refractivity contribution in [1.29, 1.82) is 0 Å². The van der Waals surface area contributed by atoms with E-state index in [2.05, 4.69) is 40.8 Å². The highest BCUT2D eigenvalue weighted by Crippen LogP contribution is 2.44. The van der Waals surface area contributed by atoms with Crippen molar-refractivity contribution in [2.75, 3.05) is 10.6 Å². The molecule has 2 N–H and O–H groups in total. The van der Waals surface area contributed by atoms with Gasteiger partial charge in [-0.1, -0.05) is 0 Å². The maximum atomic E-state index is 13.6. The number of alkyl halides is 6. The molecule has 2 aliphatic carbocycles. The molecule has 0 spiro atoms. The number of amides is 2. The van der Waals surface area contributed by atoms with E-state index >= 15 is 0 Å². The lowest BCUT2D eigenvalue weighted by molar-refractivity contribution is -0.142. The highest BCUT2D eigenvalue weighted by Gasteiger charge is 2.39. The standard InChI is InChI=1S/C18H13F4N5O.C18H14F3N5O/c19-13-9-23-6-5-12(13)17(28)25-11-3-4-16(24-8-11)27-14(10-1-2-10)7-15(26-27)18(20,21)22;19-18(20,21)15-9-14(11-1-2-11)26(25-15)16-4-3-13(10-23-16)24-17(27)12-5-7-22-8-6-12/h3-10H,1-2H2,(H,25,28);3-11H,1-2H2,(H,24,27). The van der Waals surface area contributed by atoms with Gasteiger partial charge in [-0.15, -0.1) is 0 Å². The van der Waals surface area contributed by atoms with Gasteiger partial charge in [0.1, 0.15) is 0 Å². The fraction of sp³-hybridized carbons (Fsp3) is 0.222. The number of carbonyl (C=O) groups is 2. The lowest BCUT2D eigenvalue weighted by Crippen LogP contribution is -2.14. The van der Waals surface area contributed by atoms with E-state index in [9.17, 15) is 40.3 Å². The number of carbonyl (C=O) groups excluding carboxylic acids is 2. The van der Waals surface area contributed by atoms with Gasteiger partial charge in [0, 0.05) is 47.4 Å². The van der Waals surface area contributed by atoms with Crippen molar-refractivity contribution in [3.05, 3.63) is 131 Å². The number of hydrogen-bond donors (Lipinski definition) is 2. The number of anilines is 2. The fourth-order valence-electron chi connectivity index (χ4n) is 5.41. The first-order valence-corrected chi connectivity index (χ1v) is 16.6. The molecule has 0 bridgehead atoms. The predicted molar refractivity (Wildman–Crippen MR) is 181 cm³/mol. The van der Waals surface area contributed by atoms with Crippen molar-refractivity contribution < 1.29 is 40.3 Å².